The number of hydrogen-bond acceptors (Lipinski definition) is 6. The number of carboxylic acid groups (broad SMARTS) is 1. The lowest BCUT2D eigenvalue weighted by atomic mass is 10.0. The van der Waals surface area contributed by atoms with Crippen LogP contribution >= 0.6 is 11.3 Å². The summed E-state index contributed by atoms with van der Waals surface area (Å²) in [6.07, 6.45) is 4.39. The van der Waals surface area contributed by atoms with Crippen LogP contribution in [0.3, 0.4) is 0 Å². The summed E-state index contributed by atoms with van der Waals surface area (Å²) < 4.78 is 41.6. The number of fused-ring (bicyclic) bond motifs is 2. The van der Waals surface area contributed by atoms with Gasteiger partial charge in [0.2, 0.25) is 17.9 Å². The summed E-state index contributed by atoms with van der Waals surface area (Å²) in [5.41, 5.74) is 4.36. The average Bonchev–Trinajstić information content (AvgIpc) is 3.43. The first-order valence-electron chi connectivity index (χ1n) is 12.4. The molecule has 1 aromatic heterocycles. The van der Waals surface area contributed by atoms with Gasteiger partial charge in [0.15, 0.2) is 5.75 Å². The van der Waals surface area contributed by atoms with Gasteiger partial charge in [-0.3, -0.25) is 4.55 Å². The van der Waals surface area contributed by atoms with Crippen molar-refractivity contribution in [2.75, 3.05) is 17.2 Å². The molecule has 0 radical (unpaired) electrons. The fraction of sp³-hybridized carbons (Fsp3) is 0.172. The standard InChI is InChI=1S/C29H26N2O6S2/c1-2-20(17-28-31(19-29(32)33)23-10-6-7-11-26(23)38-28)16-27-30(14-15-39(34,35)36)24-18-22(12-13-25(24)37-27)21-8-4-3-5-9-21/h3-13,16-18H,2,14-15,19H2,1H3,(H-,32,33,34,35,36)/p+1. The van der Waals surface area contributed by atoms with Crippen LogP contribution in [0.15, 0.2) is 90.3 Å². The lowest BCUT2D eigenvalue weighted by Gasteiger charge is -2.18. The number of ether oxygens (including phenoxy) is 1. The van der Waals surface area contributed by atoms with Crippen LogP contribution in [0.2, 0.25) is 0 Å². The number of aliphatic carboxylic acids is 1. The summed E-state index contributed by atoms with van der Waals surface area (Å²) in [6, 6.07) is 23.2. The van der Waals surface area contributed by atoms with Gasteiger partial charge in [0.05, 0.1) is 11.4 Å². The summed E-state index contributed by atoms with van der Waals surface area (Å²) in [7, 11) is -4.21. The highest BCUT2D eigenvalue weighted by Gasteiger charge is 2.29. The quantitative estimate of drug-likeness (QED) is 0.208. The second-order valence-electron chi connectivity index (χ2n) is 9.03. The molecule has 4 aromatic rings. The summed E-state index contributed by atoms with van der Waals surface area (Å²) in [6.45, 7) is 1.80. The number of para-hydroxylation sites is 1. The van der Waals surface area contributed by atoms with E-state index in [1.54, 1.807) is 9.47 Å². The van der Waals surface area contributed by atoms with Crippen molar-refractivity contribution >= 4 is 49.4 Å². The Hall–Kier alpha value is -3.99. The Morgan fingerprint density at radius 1 is 1.05 bits per heavy atom. The van der Waals surface area contributed by atoms with E-state index in [4.69, 9.17) is 4.74 Å². The van der Waals surface area contributed by atoms with Crippen molar-refractivity contribution in [1.29, 1.82) is 0 Å². The summed E-state index contributed by atoms with van der Waals surface area (Å²) in [4.78, 5) is 13.3. The topological polar surface area (TPSA) is 108 Å². The third-order valence-corrected chi connectivity index (χ3v) is 8.18. The number of nitrogens with zero attached hydrogens (tertiary/aromatic N) is 2. The Kier molecular flexibility index (Phi) is 7.51. The molecule has 0 aliphatic carbocycles. The molecule has 0 saturated heterocycles. The molecule has 1 aliphatic rings. The third-order valence-electron chi connectivity index (χ3n) is 6.37. The van der Waals surface area contributed by atoms with E-state index in [0.29, 0.717) is 23.7 Å². The Morgan fingerprint density at radius 2 is 1.79 bits per heavy atom. The maximum atomic E-state index is 11.6. The molecule has 3 aromatic carbocycles. The average molecular weight is 564 g/mol. The molecular formula is C29H27N2O6S2+. The normalized spacial score (nSPS) is 14.6. The van der Waals surface area contributed by atoms with Crippen molar-refractivity contribution in [2.45, 2.75) is 19.9 Å². The van der Waals surface area contributed by atoms with Crippen molar-refractivity contribution in [3.05, 3.63) is 95.3 Å². The number of allylic oxidation sites excluding steroid dienone is 2. The highest BCUT2D eigenvalue weighted by molar-refractivity contribution is 7.85. The molecule has 2 N–H and O–H groups in total. The fourth-order valence-corrected chi connectivity index (χ4v) is 6.03. The maximum Gasteiger partial charge on any atom is 0.370 e. The third kappa shape index (κ3) is 6.03. The van der Waals surface area contributed by atoms with Crippen LogP contribution in [-0.2, 0) is 21.5 Å². The van der Waals surface area contributed by atoms with Crippen LogP contribution in [0.5, 0.6) is 5.75 Å². The van der Waals surface area contributed by atoms with Gasteiger partial charge in [0, 0.05) is 24.8 Å². The van der Waals surface area contributed by atoms with E-state index in [-0.39, 0.29) is 13.1 Å². The first-order chi connectivity index (χ1) is 18.7. The highest BCUT2D eigenvalue weighted by atomic mass is 32.2. The molecule has 0 bridgehead atoms. The molecule has 0 atom stereocenters. The number of carboxylic acids is 1. The monoisotopic (exact) mass is 563 g/mol. The number of carbonyl (C=O) groups is 1. The van der Waals surface area contributed by atoms with Crippen molar-refractivity contribution in [1.82, 2.24) is 0 Å². The SMILES string of the molecule is CCC(/C=C1\Oc2ccc(-c3ccccc3)cc2N1CCS(=O)(=O)O)=C\c1sc2ccccc2[n+]1CC(=O)O. The second kappa shape index (κ2) is 11.0. The van der Waals surface area contributed by atoms with Gasteiger partial charge in [-0.15, -0.1) is 0 Å². The highest BCUT2D eigenvalue weighted by Crippen LogP contribution is 2.42. The molecule has 5 rings (SSSR count). The van der Waals surface area contributed by atoms with Gasteiger partial charge in [-0.25, -0.2) is 4.79 Å². The van der Waals surface area contributed by atoms with E-state index in [2.05, 4.69) is 0 Å². The molecule has 10 heteroatoms. The minimum atomic E-state index is -4.21. The van der Waals surface area contributed by atoms with Crippen molar-refractivity contribution in [3.63, 3.8) is 0 Å². The second-order valence-corrected chi connectivity index (χ2v) is 11.7. The number of anilines is 1. The number of benzene rings is 3. The van der Waals surface area contributed by atoms with Crippen LogP contribution in [0, 0.1) is 0 Å². The predicted molar refractivity (Wildman–Crippen MR) is 152 cm³/mol. The summed E-state index contributed by atoms with van der Waals surface area (Å²) >= 11 is 1.50. The van der Waals surface area contributed by atoms with E-state index < -0.39 is 21.8 Å². The molecule has 200 valence electrons. The van der Waals surface area contributed by atoms with Gasteiger partial charge in [0.25, 0.3) is 15.1 Å². The number of hydrogen-bond donors (Lipinski definition) is 2. The Balaban J connectivity index is 1.56. The lowest BCUT2D eigenvalue weighted by molar-refractivity contribution is -0.657. The molecule has 0 fully saturated rings. The molecular weight excluding hydrogens is 536 g/mol. The van der Waals surface area contributed by atoms with Gasteiger partial charge < -0.3 is 14.7 Å². The molecule has 2 heterocycles. The number of rotatable bonds is 9. The predicted octanol–water partition coefficient (Wildman–Crippen LogP) is 5.36. The zero-order valence-electron chi connectivity index (χ0n) is 21.1. The smallest absolute Gasteiger partial charge is 0.370 e. The van der Waals surface area contributed by atoms with Gasteiger partial charge in [-0.2, -0.15) is 13.0 Å². The minimum Gasteiger partial charge on any atom is -0.477 e. The zero-order chi connectivity index (χ0) is 27.6. The van der Waals surface area contributed by atoms with Crippen molar-refractivity contribution in [2.24, 2.45) is 0 Å². The molecule has 8 nitrogen and oxygen atoms in total. The first kappa shape index (κ1) is 26.6. The molecule has 39 heavy (non-hydrogen) atoms. The van der Waals surface area contributed by atoms with Crippen LogP contribution in [0.25, 0.3) is 27.4 Å². The zero-order valence-corrected chi connectivity index (χ0v) is 22.8. The van der Waals surface area contributed by atoms with Crippen LogP contribution < -0.4 is 14.2 Å². The molecule has 0 unspecified atom stereocenters. The van der Waals surface area contributed by atoms with Gasteiger partial charge in [0.1, 0.15) is 4.70 Å². The van der Waals surface area contributed by atoms with Crippen molar-refractivity contribution in [3.8, 4) is 16.9 Å². The van der Waals surface area contributed by atoms with Gasteiger partial charge >= 0.3 is 5.97 Å². The van der Waals surface area contributed by atoms with Crippen LogP contribution in [0.4, 0.5) is 5.69 Å². The summed E-state index contributed by atoms with van der Waals surface area (Å²) in [5, 5.41) is 10.3. The van der Waals surface area contributed by atoms with E-state index in [1.807, 2.05) is 91.9 Å². The van der Waals surface area contributed by atoms with Gasteiger partial charge in [-0.05, 0) is 41.3 Å². The van der Waals surface area contributed by atoms with E-state index in [9.17, 15) is 22.9 Å². The fourth-order valence-electron chi connectivity index (χ4n) is 4.48. The van der Waals surface area contributed by atoms with E-state index >= 15 is 0 Å². The van der Waals surface area contributed by atoms with Crippen LogP contribution in [0.1, 0.15) is 18.4 Å². The van der Waals surface area contributed by atoms with Crippen molar-refractivity contribution < 1.29 is 32.2 Å². The molecule has 0 spiro atoms. The molecule has 1 aliphatic heterocycles. The molecule has 0 saturated carbocycles. The maximum absolute atomic E-state index is 11.6. The first-order valence-corrected chi connectivity index (χ1v) is 14.8. The molecule has 0 amide bonds. The Labute approximate surface area is 230 Å². The van der Waals surface area contributed by atoms with Gasteiger partial charge in [-0.1, -0.05) is 66.8 Å². The largest absolute Gasteiger partial charge is 0.477 e. The van der Waals surface area contributed by atoms with Crippen LogP contribution in [-0.4, -0.2) is 36.3 Å². The Morgan fingerprint density at radius 3 is 2.51 bits per heavy atom. The lowest BCUT2D eigenvalue weighted by Crippen LogP contribution is -2.39. The summed E-state index contributed by atoms with van der Waals surface area (Å²) in [5.74, 6) is -0.398. The number of aromatic nitrogens is 1. The minimum absolute atomic E-state index is 0.00515. The van der Waals surface area contributed by atoms with E-state index in [0.717, 1.165) is 31.9 Å². The number of thiazole rings is 1. The van der Waals surface area contributed by atoms with E-state index in [1.165, 1.54) is 11.3 Å². The Bertz CT molecular complexity index is 1710.